The molecule has 0 radical (unpaired) electrons. The van der Waals surface area contributed by atoms with Crippen molar-refractivity contribution < 1.29 is 4.42 Å². The molecular weight excluding hydrogens is 250 g/mol. The minimum absolute atomic E-state index is 0.390. The molecule has 0 saturated heterocycles. The first-order valence-corrected chi connectivity index (χ1v) is 6.85. The standard InChI is InChI=1S/C11H17N5OS/c1-4-5-8-10(18-16-13-8)11-15-14-9(17-11)6-12-7(2)3/h7,12H,4-6H2,1-3H3. The van der Waals surface area contributed by atoms with Gasteiger partial charge in [0.1, 0.15) is 4.88 Å². The van der Waals surface area contributed by atoms with E-state index in [-0.39, 0.29) is 0 Å². The van der Waals surface area contributed by atoms with E-state index in [1.165, 1.54) is 11.5 Å². The first-order valence-electron chi connectivity index (χ1n) is 6.08. The number of aromatic nitrogens is 4. The Morgan fingerprint density at radius 3 is 2.83 bits per heavy atom. The van der Waals surface area contributed by atoms with E-state index in [1.54, 1.807) is 0 Å². The quantitative estimate of drug-likeness (QED) is 0.863. The van der Waals surface area contributed by atoms with Gasteiger partial charge in [0.25, 0.3) is 5.89 Å². The van der Waals surface area contributed by atoms with Gasteiger partial charge >= 0.3 is 0 Å². The topological polar surface area (TPSA) is 76.7 Å². The zero-order valence-corrected chi connectivity index (χ0v) is 11.6. The first kappa shape index (κ1) is 13.1. The molecule has 0 aliphatic heterocycles. The van der Waals surface area contributed by atoms with Crippen LogP contribution in [0.1, 0.15) is 38.8 Å². The van der Waals surface area contributed by atoms with Crippen LogP contribution in [-0.4, -0.2) is 25.8 Å². The lowest BCUT2D eigenvalue weighted by Crippen LogP contribution is -2.21. The van der Waals surface area contributed by atoms with E-state index in [9.17, 15) is 0 Å². The third-order valence-electron chi connectivity index (χ3n) is 2.37. The molecule has 1 N–H and O–H groups in total. The lowest BCUT2D eigenvalue weighted by molar-refractivity contribution is 0.459. The highest BCUT2D eigenvalue weighted by atomic mass is 32.1. The molecule has 0 unspecified atom stereocenters. The van der Waals surface area contributed by atoms with Crippen LogP contribution in [0.15, 0.2) is 4.42 Å². The Labute approximate surface area is 110 Å². The Morgan fingerprint density at radius 2 is 2.11 bits per heavy atom. The monoisotopic (exact) mass is 267 g/mol. The third-order valence-corrected chi connectivity index (χ3v) is 3.12. The number of aryl methyl sites for hydroxylation is 1. The normalized spacial score (nSPS) is 11.3. The maximum atomic E-state index is 5.61. The fourth-order valence-electron chi connectivity index (χ4n) is 1.48. The zero-order valence-electron chi connectivity index (χ0n) is 10.8. The molecule has 18 heavy (non-hydrogen) atoms. The lowest BCUT2D eigenvalue weighted by Gasteiger charge is -2.03. The lowest BCUT2D eigenvalue weighted by atomic mass is 10.2. The van der Waals surface area contributed by atoms with E-state index >= 15 is 0 Å². The summed E-state index contributed by atoms with van der Waals surface area (Å²) in [5, 5.41) is 15.4. The molecular formula is C11H17N5OS. The van der Waals surface area contributed by atoms with E-state index in [4.69, 9.17) is 4.42 Å². The molecule has 0 fully saturated rings. The van der Waals surface area contributed by atoms with Gasteiger partial charge in [0, 0.05) is 6.04 Å². The van der Waals surface area contributed by atoms with E-state index in [0.29, 0.717) is 24.4 Å². The predicted molar refractivity (Wildman–Crippen MR) is 69.2 cm³/mol. The average Bonchev–Trinajstić information content (AvgIpc) is 2.94. The van der Waals surface area contributed by atoms with Crippen LogP contribution in [0.3, 0.4) is 0 Å². The second-order valence-corrected chi connectivity index (χ2v) is 5.09. The second kappa shape index (κ2) is 6.01. The van der Waals surface area contributed by atoms with Gasteiger partial charge in [-0.15, -0.1) is 15.3 Å². The van der Waals surface area contributed by atoms with Gasteiger partial charge in [0.05, 0.1) is 12.2 Å². The van der Waals surface area contributed by atoms with Gasteiger partial charge in [-0.05, 0) is 18.0 Å². The summed E-state index contributed by atoms with van der Waals surface area (Å²) < 4.78 is 9.56. The summed E-state index contributed by atoms with van der Waals surface area (Å²) in [6, 6.07) is 0.390. The molecule has 0 aromatic carbocycles. The molecule has 0 spiro atoms. The fourth-order valence-corrected chi connectivity index (χ4v) is 2.11. The van der Waals surface area contributed by atoms with Crippen LogP contribution in [-0.2, 0) is 13.0 Å². The van der Waals surface area contributed by atoms with Gasteiger partial charge < -0.3 is 9.73 Å². The molecule has 7 heteroatoms. The van der Waals surface area contributed by atoms with Crippen LogP contribution in [0.25, 0.3) is 10.8 Å². The van der Waals surface area contributed by atoms with Crippen LogP contribution in [0.5, 0.6) is 0 Å². The molecule has 0 atom stereocenters. The Hall–Kier alpha value is -1.34. The van der Waals surface area contributed by atoms with Gasteiger partial charge in [-0.2, -0.15) is 0 Å². The highest BCUT2D eigenvalue weighted by Crippen LogP contribution is 2.25. The molecule has 0 saturated carbocycles. The largest absolute Gasteiger partial charge is 0.418 e. The SMILES string of the molecule is CCCc1nnsc1-c1nnc(CNC(C)C)o1. The molecule has 2 aromatic rings. The minimum Gasteiger partial charge on any atom is -0.418 e. The molecule has 0 bridgehead atoms. The fraction of sp³-hybridized carbons (Fsp3) is 0.636. The van der Waals surface area contributed by atoms with E-state index in [2.05, 4.69) is 45.9 Å². The van der Waals surface area contributed by atoms with Gasteiger partial charge in [0.2, 0.25) is 5.89 Å². The molecule has 2 heterocycles. The minimum atomic E-state index is 0.390. The molecule has 0 amide bonds. The summed E-state index contributed by atoms with van der Waals surface area (Å²) >= 11 is 1.30. The Balaban J connectivity index is 2.11. The van der Waals surface area contributed by atoms with Crippen molar-refractivity contribution in [3.8, 4) is 10.8 Å². The number of rotatable bonds is 6. The van der Waals surface area contributed by atoms with Crippen molar-refractivity contribution in [3.63, 3.8) is 0 Å². The van der Waals surface area contributed by atoms with Crippen LogP contribution < -0.4 is 5.32 Å². The molecule has 0 aliphatic carbocycles. The van der Waals surface area contributed by atoms with Crippen molar-refractivity contribution in [2.45, 2.75) is 46.2 Å². The van der Waals surface area contributed by atoms with Crippen LogP contribution >= 0.6 is 11.5 Å². The third kappa shape index (κ3) is 3.11. The van der Waals surface area contributed by atoms with E-state index < -0.39 is 0 Å². The number of hydrogen-bond acceptors (Lipinski definition) is 7. The summed E-state index contributed by atoms with van der Waals surface area (Å²) in [6.07, 6.45) is 1.90. The maximum absolute atomic E-state index is 5.61. The summed E-state index contributed by atoms with van der Waals surface area (Å²) in [5.41, 5.74) is 0.939. The molecule has 2 aromatic heterocycles. The molecule has 0 aliphatic rings. The highest BCUT2D eigenvalue weighted by molar-refractivity contribution is 7.09. The number of nitrogens with zero attached hydrogens (tertiary/aromatic N) is 4. The van der Waals surface area contributed by atoms with Crippen molar-refractivity contribution in [2.75, 3.05) is 0 Å². The van der Waals surface area contributed by atoms with Crippen molar-refractivity contribution >= 4 is 11.5 Å². The van der Waals surface area contributed by atoms with Crippen LogP contribution in [0.2, 0.25) is 0 Å². The van der Waals surface area contributed by atoms with Crippen molar-refractivity contribution in [2.24, 2.45) is 0 Å². The maximum Gasteiger partial charge on any atom is 0.261 e. The predicted octanol–water partition coefficient (Wildman–Crippen LogP) is 2.04. The Kier molecular flexibility index (Phi) is 4.38. The van der Waals surface area contributed by atoms with Crippen LogP contribution in [0, 0.1) is 0 Å². The average molecular weight is 267 g/mol. The van der Waals surface area contributed by atoms with Crippen molar-refractivity contribution in [3.05, 3.63) is 11.6 Å². The van der Waals surface area contributed by atoms with E-state index in [1.807, 2.05) is 0 Å². The van der Waals surface area contributed by atoms with Crippen LogP contribution in [0.4, 0.5) is 0 Å². The summed E-state index contributed by atoms with van der Waals surface area (Å²) in [4.78, 5) is 0.889. The van der Waals surface area contributed by atoms with Crippen molar-refractivity contribution in [1.29, 1.82) is 0 Å². The molecule has 2 rings (SSSR count). The zero-order chi connectivity index (χ0) is 13.0. The summed E-state index contributed by atoms with van der Waals surface area (Å²) in [7, 11) is 0. The number of nitrogens with one attached hydrogen (secondary N) is 1. The number of hydrogen-bond donors (Lipinski definition) is 1. The molecule has 6 nitrogen and oxygen atoms in total. The van der Waals surface area contributed by atoms with Gasteiger partial charge in [-0.25, -0.2) is 0 Å². The molecule has 98 valence electrons. The highest BCUT2D eigenvalue weighted by Gasteiger charge is 2.16. The van der Waals surface area contributed by atoms with Gasteiger partial charge in [-0.1, -0.05) is 31.7 Å². The Morgan fingerprint density at radius 1 is 1.28 bits per heavy atom. The van der Waals surface area contributed by atoms with Gasteiger partial charge in [0.15, 0.2) is 0 Å². The van der Waals surface area contributed by atoms with E-state index in [0.717, 1.165) is 23.4 Å². The summed E-state index contributed by atoms with van der Waals surface area (Å²) in [5.74, 6) is 1.11. The second-order valence-electron chi connectivity index (χ2n) is 4.34. The smallest absolute Gasteiger partial charge is 0.261 e. The summed E-state index contributed by atoms with van der Waals surface area (Å²) in [6.45, 7) is 6.84. The Bertz CT molecular complexity index is 493. The van der Waals surface area contributed by atoms with Gasteiger partial charge in [-0.3, -0.25) is 0 Å². The first-order chi connectivity index (χ1) is 8.70. The van der Waals surface area contributed by atoms with Crippen molar-refractivity contribution in [1.82, 2.24) is 25.1 Å².